The van der Waals surface area contributed by atoms with Gasteiger partial charge in [-0.25, -0.2) is 0 Å². The Hall–Kier alpha value is -1.83. The second-order valence-corrected chi connectivity index (χ2v) is 6.84. The zero-order valence-electron chi connectivity index (χ0n) is 13.5. The zero-order valence-corrected chi connectivity index (χ0v) is 14.3. The molecule has 0 N–H and O–H groups in total. The third kappa shape index (κ3) is 3.57. The largest absolute Gasteiger partial charge is 0.409 e. The van der Waals surface area contributed by atoms with E-state index in [1.165, 1.54) is 18.2 Å². The fraction of sp³-hybridized carbons (Fsp3) is 0.600. The molecule has 0 spiro atoms. The fourth-order valence-electron chi connectivity index (χ4n) is 2.95. The number of nitrogens with zero attached hydrogens (tertiary/aromatic N) is 4. The molecule has 1 saturated heterocycles. The molecule has 7 nitrogen and oxygen atoms in total. The lowest BCUT2D eigenvalue weighted by molar-refractivity contribution is -0.134. The predicted octanol–water partition coefficient (Wildman–Crippen LogP) is 2.91. The molecule has 1 aliphatic heterocycles. The highest BCUT2D eigenvalue weighted by molar-refractivity contribution is 7.99. The number of thioether (sulfide) groups is 1. The van der Waals surface area contributed by atoms with Crippen LogP contribution in [0.1, 0.15) is 38.9 Å². The molecule has 1 amide bonds. The van der Waals surface area contributed by atoms with Crippen LogP contribution in [0.3, 0.4) is 0 Å². The molecule has 23 heavy (non-hydrogen) atoms. The number of carbonyl (C=O) groups is 1. The van der Waals surface area contributed by atoms with Crippen LogP contribution >= 0.6 is 11.8 Å². The van der Waals surface area contributed by atoms with Gasteiger partial charge in [0.05, 0.1) is 5.75 Å². The van der Waals surface area contributed by atoms with Crippen molar-refractivity contribution < 1.29 is 13.7 Å². The van der Waals surface area contributed by atoms with E-state index in [4.69, 9.17) is 8.94 Å². The Balaban J connectivity index is 1.60. The molecular weight excluding hydrogens is 316 g/mol. The van der Waals surface area contributed by atoms with Gasteiger partial charge < -0.3 is 13.8 Å². The zero-order chi connectivity index (χ0) is 16.4. The highest BCUT2D eigenvalue weighted by Crippen LogP contribution is 2.26. The Bertz CT molecular complexity index is 674. The molecule has 1 fully saturated rings. The first-order valence-electron chi connectivity index (χ1n) is 7.75. The monoisotopic (exact) mass is 336 g/mol. The smallest absolute Gasteiger partial charge is 0.277 e. The molecule has 2 atom stereocenters. The van der Waals surface area contributed by atoms with E-state index in [2.05, 4.69) is 29.2 Å². The molecular formula is C15H20N4O3S. The maximum atomic E-state index is 12.5. The van der Waals surface area contributed by atoms with Crippen molar-refractivity contribution in [2.75, 3.05) is 5.75 Å². The van der Waals surface area contributed by atoms with Crippen molar-refractivity contribution in [3.8, 4) is 11.6 Å². The summed E-state index contributed by atoms with van der Waals surface area (Å²) in [6.45, 7) is 6.01. The van der Waals surface area contributed by atoms with Gasteiger partial charge in [0.2, 0.25) is 5.91 Å². The molecule has 8 heteroatoms. The van der Waals surface area contributed by atoms with Crippen LogP contribution in [0.5, 0.6) is 0 Å². The molecule has 0 aromatic carbocycles. The van der Waals surface area contributed by atoms with E-state index in [1.54, 1.807) is 13.0 Å². The summed E-state index contributed by atoms with van der Waals surface area (Å²) in [6, 6.07) is 2.32. The standard InChI is InChI=1S/C15H20N4O3S/c1-9-5-4-6-10(2)19(9)13(20)8-23-15-17-16-14(21-15)12-7-11(3)22-18-12/h7,9-10H,4-6,8H2,1-3H3/t9-,10+. The van der Waals surface area contributed by atoms with E-state index >= 15 is 0 Å². The van der Waals surface area contributed by atoms with Crippen LogP contribution in [-0.4, -0.2) is 44.0 Å². The Morgan fingerprint density at radius 1 is 1.35 bits per heavy atom. The minimum absolute atomic E-state index is 0.117. The van der Waals surface area contributed by atoms with Gasteiger partial charge in [0.1, 0.15) is 5.76 Å². The summed E-state index contributed by atoms with van der Waals surface area (Å²) in [4.78, 5) is 14.4. The van der Waals surface area contributed by atoms with Crippen LogP contribution in [0.15, 0.2) is 20.2 Å². The van der Waals surface area contributed by atoms with E-state index in [1.807, 2.05) is 4.90 Å². The topological polar surface area (TPSA) is 85.3 Å². The van der Waals surface area contributed by atoms with Crippen molar-refractivity contribution in [3.63, 3.8) is 0 Å². The second-order valence-electron chi connectivity index (χ2n) is 5.91. The van der Waals surface area contributed by atoms with Gasteiger partial charge in [-0.2, -0.15) is 0 Å². The summed E-state index contributed by atoms with van der Waals surface area (Å²) in [7, 11) is 0. The van der Waals surface area contributed by atoms with Crippen molar-refractivity contribution in [3.05, 3.63) is 11.8 Å². The number of rotatable bonds is 4. The summed E-state index contributed by atoms with van der Waals surface area (Å²) in [6.07, 6.45) is 3.32. The fourth-order valence-corrected chi connectivity index (χ4v) is 3.58. The summed E-state index contributed by atoms with van der Waals surface area (Å²) in [5.74, 6) is 1.40. The average Bonchev–Trinajstić information content (AvgIpc) is 3.13. The van der Waals surface area contributed by atoms with Gasteiger partial charge in [0.15, 0.2) is 5.69 Å². The molecule has 0 bridgehead atoms. The molecule has 1 aliphatic rings. The van der Waals surface area contributed by atoms with E-state index in [0.717, 1.165) is 12.8 Å². The first kappa shape index (κ1) is 16.0. The molecule has 124 valence electrons. The third-order valence-electron chi connectivity index (χ3n) is 4.05. The number of piperidine rings is 1. The molecule has 2 aromatic heterocycles. The van der Waals surface area contributed by atoms with Crippen LogP contribution in [0.25, 0.3) is 11.6 Å². The van der Waals surface area contributed by atoms with Gasteiger partial charge in [-0.05, 0) is 40.0 Å². The highest BCUT2D eigenvalue weighted by atomic mass is 32.2. The number of aromatic nitrogens is 3. The lowest BCUT2D eigenvalue weighted by atomic mass is 9.98. The highest BCUT2D eigenvalue weighted by Gasteiger charge is 2.29. The average molecular weight is 336 g/mol. The maximum Gasteiger partial charge on any atom is 0.277 e. The molecule has 3 rings (SSSR count). The van der Waals surface area contributed by atoms with Crippen LogP contribution < -0.4 is 0 Å². The van der Waals surface area contributed by atoms with Crippen LogP contribution in [0.4, 0.5) is 0 Å². The van der Waals surface area contributed by atoms with Crippen LogP contribution in [-0.2, 0) is 4.79 Å². The molecule has 0 saturated carbocycles. The number of aryl methyl sites for hydroxylation is 1. The Morgan fingerprint density at radius 2 is 2.09 bits per heavy atom. The molecule has 3 heterocycles. The number of hydrogen-bond donors (Lipinski definition) is 0. The maximum absolute atomic E-state index is 12.5. The van der Waals surface area contributed by atoms with Gasteiger partial charge in [0, 0.05) is 18.2 Å². The van der Waals surface area contributed by atoms with Gasteiger partial charge >= 0.3 is 0 Å². The lowest BCUT2D eigenvalue weighted by Gasteiger charge is -2.39. The van der Waals surface area contributed by atoms with E-state index in [-0.39, 0.29) is 5.91 Å². The number of carbonyl (C=O) groups excluding carboxylic acids is 1. The second kappa shape index (κ2) is 6.74. The van der Waals surface area contributed by atoms with Gasteiger partial charge in [-0.3, -0.25) is 4.79 Å². The molecule has 0 aliphatic carbocycles. The van der Waals surface area contributed by atoms with E-state index in [9.17, 15) is 4.79 Å². The number of hydrogen-bond acceptors (Lipinski definition) is 7. The predicted molar refractivity (Wildman–Crippen MR) is 84.9 cm³/mol. The number of amides is 1. The van der Waals surface area contributed by atoms with Crippen LogP contribution in [0, 0.1) is 6.92 Å². The summed E-state index contributed by atoms with van der Waals surface area (Å²) < 4.78 is 10.5. The number of likely N-dealkylation sites (tertiary alicyclic amines) is 1. The van der Waals surface area contributed by atoms with Crippen molar-refractivity contribution in [2.45, 2.75) is 57.3 Å². The Labute approximate surface area is 138 Å². The summed E-state index contributed by atoms with van der Waals surface area (Å²) >= 11 is 1.26. The Kier molecular flexibility index (Phi) is 4.70. The minimum atomic E-state index is 0.117. The van der Waals surface area contributed by atoms with Gasteiger partial charge in [-0.15, -0.1) is 10.2 Å². The molecule has 0 radical (unpaired) electrons. The van der Waals surface area contributed by atoms with Crippen molar-refractivity contribution in [1.82, 2.24) is 20.3 Å². The Morgan fingerprint density at radius 3 is 2.74 bits per heavy atom. The van der Waals surface area contributed by atoms with Crippen molar-refractivity contribution >= 4 is 17.7 Å². The first-order chi connectivity index (χ1) is 11.0. The first-order valence-corrected chi connectivity index (χ1v) is 8.74. The summed E-state index contributed by atoms with van der Waals surface area (Å²) in [5, 5.41) is 12.1. The van der Waals surface area contributed by atoms with Gasteiger partial charge in [-0.1, -0.05) is 16.9 Å². The third-order valence-corrected chi connectivity index (χ3v) is 4.86. The van der Waals surface area contributed by atoms with Crippen molar-refractivity contribution in [1.29, 1.82) is 0 Å². The molecule has 0 unspecified atom stereocenters. The van der Waals surface area contributed by atoms with Crippen LogP contribution in [0.2, 0.25) is 0 Å². The summed E-state index contributed by atoms with van der Waals surface area (Å²) in [5.41, 5.74) is 0.506. The normalized spacial score (nSPS) is 21.6. The van der Waals surface area contributed by atoms with Crippen molar-refractivity contribution in [2.24, 2.45) is 0 Å². The molecule has 2 aromatic rings. The quantitative estimate of drug-likeness (QED) is 0.793. The van der Waals surface area contributed by atoms with E-state index < -0.39 is 0 Å². The van der Waals surface area contributed by atoms with E-state index in [0.29, 0.717) is 40.4 Å². The van der Waals surface area contributed by atoms with Gasteiger partial charge in [0.25, 0.3) is 11.1 Å². The minimum Gasteiger partial charge on any atom is -0.409 e. The lowest BCUT2D eigenvalue weighted by Crippen LogP contribution is -2.48. The SMILES string of the molecule is Cc1cc(-c2nnc(SCC(=O)N3[C@H](C)CCC[C@@H]3C)o2)no1.